The van der Waals surface area contributed by atoms with Crippen LogP contribution in [0.1, 0.15) is 18.6 Å². The lowest BCUT2D eigenvalue weighted by atomic mass is 10.1. The van der Waals surface area contributed by atoms with Gasteiger partial charge in [0.15, 0.2) is 5.78 Å². The van der Waals surface area contributed by atoms with Gasteiger partial charge in [0.25, 0.3) is 0 Å². The molecule has 0 atom stereocenters. The lowest BCUT2D eigenvalue weighted by molar-refractivity contribution is -0.111. The fraction of sp³-hybridized carbons (Fsp3) is 0.308. The van der Waals surface area contributed by atoms with Crippen molar-refractivity contribution in [2.45, 2.75) is 12.8 Å². The molecule has 0 unspecified atom stereocenters. The highest BCUT2D eigenvalue weighted by Crippen LogP contribution is 2.29. The molecule has 1 aliphatic heterocycles. The fourth-order valence-corrected chi connectivity index (χ4v) is 2.25. The standard InChI is InChI=1S/C13H14N2O2/c16-12-9(8-10-2-1-7-17-10)3-4-11(12)13-14-5-6-15-13/h1-2,7-8,14-15H,3-6H2/b9-8+. The Morgan fingerprint density at radius 1 is 1.24 bits per heavy atom. The minimum Gasteiger partial charge on any atom is -0.465 e. The molecule has 0 spiro atoms. The number of furan rings is 1. The maximum atomic E-state index is 12.2. The molecule has 17 heavy (non-hydrogen) atoms. The summed E-state index contributed by atoms with van der Waals surface area (Å²) in [5.74, 6) is 1.79. The Morgan fingerprint density at radius 2 is 2.06 bits per heavy atom. The van der Waals surface area contributed by atoms with E-state index >= 15 is 0 Å². The summed E-state index contributed by atoms with van der Waals surface area (Å²) in [5, 5.41) is 6.41. The third-order valence-corrected chi connectivity index (χ3v) is 3.10. The highest BCUT2D eigenvalue weighted by molar-refractivity contribution is 6.13. The van der Waals surface area contributed by atoms with E-state index in [0.717, 1.165) is 48.7 Å². The average Bonchev–Trinajstić information content (AvgIpc) is 3.03. The van der Waals surface area contributed by atoms with Crippen molar-refractivity contribution < 1.29 is 9.21 Å². The molecule has 2 fully saturated rings. The quantitative estimate of drug-likeness (QED) is 0.717. The Bertz CT molecular complexity index is 489. The predicted octanol–water partition coefficient (Wildman–Crippen LogP) is 1.43. The summed E-state index contributed by atoms with van der Waals surface area (Å²) in [5.41, 5.74) is 1.71. The third kappa shape index (κ3) is 1.86. The molecule has 1 aromatic rings. The lowest BCUT2D eigenvalue weighted by Crippen LogP contribution is -2.15. The topological polar surface area (TPSA) is 54.3 Å². The molecular weight excluding hydrogens is 216 g/mol. The van der Waals surface area contributed by atoms with Crippen molar-refractivity contribution in [3.63, 3.8) is 0 Å². The molecule has 2 N–H and O–H groups in total. The van der Waals surface area contributed by atoms with Crippen LogP contribution >= 0.6 is 0 Å². The van der Waals surface area contributed by atoms with Crippen molar-refractivity contribution in [1.82, 2.24) is 10.6 Å². The van der Waals surface area contributed by atoms with Crippen molar-refractivity contribution in [1.29, 1.82) is 0 Å². The van der Waals surface area contributed by atoms with Crippen LogP contribution in [-0.4, -0.2) is 18.9 Å². The van der Waals surface area contributed by atoms with Gasteiger partial charge in [0.05, 0.1) is 6.26 Å². The second kappa shape index (κ2) is 4.13. The van der Waals surface area contributed by atoms with E-state index in [0.29, 0.717) is 0 Å². The van der Waals surface area contributed by atoms with Crippen LogP contribution in [0.25, 0.3) is 6.08 Å². The van der Waals surface area contributed by atoms with Crippen LogP contribution in [0, 0.1) is 0 Å². The Balaban J connectivity index is 1.87. The number of ketones is 1. The first-order valence-electron chi connectivity index (χ1n) is 5.84. The first-order chi connectivity index (χ1) is 8.34. The number of allylic oxidation sites excluding steroid dienone is 2. The highest BCUT2D eigenvalue weighted by Gasteiger charge is 2.27. The smallest absolute Gasteiger partial charge is 0.188 e. The summed E-state index contributed by atoms with van der Waals surface area (Å²) in [7, 11) is 0. The van der Waals surface area contributed by atoms with Crippen LogP contribution in [0.5, 0.6) is 0 Å². The molecule has 4 nitrogen and oxygen atoms in total. The molecule has 0 radical (unpaired) electrons. The molecule has 0 amide bonds. The zero-order valence-corrected chi connectivity index (χ0v) is 9.45. The molecule has 1 aliphatic carbocycles. The van der Waals surface area contributed by atoms with Crippen molar-refractivity contribution in [2.24, 2.45) is 0 Å². The van der Waals surface area contributed by atoms with Gasteiger partial charge in [0, 0.05) is 24.2 Å². The average molecular weight is 230 g/mol. The van der Waals surface area contributed by atoms with Gasteiger partial charge in [-0.15, -0.1) is 0 Å². The van der Waals surface area contributed by atoms with Gasteiger partial charge in [0.1, 0.15) is 11.6 Å². The van der Waals surface area contributed by atoms with Crippen LogP contribution in [0.4, 0.5) is 0 Å². The molecule has 2 aliphatic rings. The van der Waals surface area contributed by atoms with Gasteiger partial charge in [-0.3, -0.25) is 4.79 Å². The maximum absolute atomic E-state index is 12.2. The van der Waals surface area contributed by atoms with Crippen molar-refractivity contribution in [3.8, 4) is 0 Å². The molecule has 88 valence electrons. The lowest BCUT2D eigenvalue weighted by Gasteiger charge is -2.02. The third-order valence-electron chi connectivity index (χ3n) is 3.10. The Kier molecular flexibility index (Phi) is 2.48. The van der Waals surface area contributed by atoms with Gasteiger partial charge < -0.3 is 15.1 Å². The fourth-order valence-electron chi connectivity index (χ4n) is 2.25. The second-order valence-corrected chi connectivity index (χ2v) is 4.22. The number of carbonyl (C=O) groups is 1. The van der Waals surface area contributed by atoms with E-state index in [1.807, 2.05) is 18.2 Å². The van der Waals surface area contributed by atoms with Crippen molar-refractivity contribution in [2.75, 3.05) is 13.1 Å². The van der Waals surface area contributed by atoms with E-state index < -0.39 is 0 Å². The normalized spacial score (nSPS) is 22.1. The summed E-state index contributed by atoms with van der Waals surface area (Å²) in [6.45, 7) is 1.78. The van der Waals surface area contributed by atoms with Crippen LogP contribution in [0.15, 0.2) is 39.8 Å². The molecular formula is C13H14N2O2. The number of Topliss-reactive ketones (excluding diaryl/α,β-unsaturated/α-hetero) is 1. The van der Waals surface area contributed by atoms with Gasteiger partial charge in [-0.2, -0.15) is 0 Å². The van der Waals surface area contributed by atoms with Crippen LogP contribution in [0.3, 0.4) is 0 Å². The maximum Gasteiger partial charge on any atom is 0.188 e. The van der Waals surface area contributed by atoms with E-state index in [4.69, 9.17) is 4.42 Å². The van der Waals surface area contributed by atoms with E-state index in [1.54, 1.807) is 6.26 Å². The van der Waals surface area contributed by atoms with Crippen LogP contribution in [-0.2, 0) is 4.79 Å². The second-order valence-electron chi connectivity index (χ2n) is 4.22. The molecule has 1 saturated heterocycles. The van der Waals surface area contributed by atoms with Crippen molar-refractivity contribution in [3.05, 3.63) is 41.1 Å². The van der Waals surface area contributed by atoms with E-state index in [-0.39, 0.29) is 5.78 Å². The first-order valence-corrected chi connectivity index (χ1v) is 5.84. The summed E-state index contributed by atoms with van der Waals surface area (Å²) in [6.07, 6.45) is 5.05. The Hall–Kier alpha value is -1.97. The molecule has 1 aromatic heterocycles. The number of carbonyl (C=O) groups excluding carboxylic acids is 1. The zero-order valence-electron chi connectivity index (χ0n) is 9.45. The highest BCUT2D eigenvalue weighted by atomic mass is 16.3. The SMILES string of the molecule is O=C1C(=C2NCCN2)CC/C1=C\c1ccco1. The zero-order chi connectivity index (χ0) is 11.7. The van der Waals surface area contributed by atoms with Crippen LogP contribution < -0.4 is 10.6 Å². The predicted molar refractivity (Wildman–Crippen MR) is 64.0 cm³/mol. The monoisotopic (exact) mass is 230 g/mol. The molecule has 0 bridgehead atoms. The minimum absolute atomic E-state index is 0.137. The minimum atomic E-state index is 0.137. The molecule has 1 saturated carbocycles. The van der Waals surface area contributed by atoms with Gasteiger partial charge in [-0.05, 0) is 31.1 Å². The molecule has 0 aromatic carbocycles. The summed E-state index contributed by atoms with van der Waals surface area (Å²) >= 11 is 0. The molecule has 3 rings (SSSR count). The van der Waals surface area contributed by atoms with Crippen LogP contribution in [0.2, 0.25) is 0 Å². The van der Waals surface area contributed by atoms with Gasteiger partial charge in [0.2, 0.25) is 0 Å². The number of nitrogens with one attached hydrogen (secondary N) is 2. The Morgan fingerprint density at radius 3 is 2.76 bits per heavy atom. The molecule has 2 heterocycles. The summed E-state index contributed by atoms with van der Waals surface area (Å²) in [4.78, 5) is 12.2. The largest absolute Gasteiger partial charge is 0.465 e. The van der Waals surface area contributed by atoms with Crippen molar-refractivity contribution >= 4 is 11.9 Å². The van der Waals surface area contributed by atoms with Gasteiger partial charge >= 0.3 is 0 Å². The van der Waals surface area contributed by atoms with E-state index in [1.165, 1.54) is 0 Å². The summed E-state index contributed by atoms with van der Waals surface area (Å²) in [6, 6.07) is 3.68. The molecule has 4 heteroatoms. The number of rotatable bonds is 1. The number of hydrogen-bond donors (Lipinski definition) is 2. The Labute approximate surface area is 99.4 Å². The van der Waals surface area contributed by atoms with E-state index in [2.05, 4.69) is 10.6 Å². The van der Waals surface area contributed by atoms with E-state index in [9.17, 15) is 4.79 Å². The number of hydrogen-bond acceptors (Lipinski definition) is 4. The van der Waals surface area contributed by atoms with Gasteiger partial charge in [-0.25, -0.2) is 0 Å². The first kappa shape index (κ1) is 10.2. The summed E-state index contributed by atoms with van der Waals surface area (Å²) < 4.78 is 5.23. The van der Waals surface area contributed by atoms with Gasteiger partial charge in [-0.1, -0.05) is 0 Å².